The second kappa shape index (κ2) is 7.78. The predicted molar refractivity (Wildman–Crippen MR) is 84.0 cm³/mol. The maximum atomic E-state index is 13.4. The molecule has 0 bridgehead atoms. The topological polar surface area (TPSA) is 72.5 Å². The molecular formula is C16H13F2NO4S. The lowest BCUT2D eigenvalue weighted by Crippen LogP contribution is -2.21. The number of carbonyl (C=O) groups is 2. The molecule has 24 heavy (non-hydrogen) atoms. The lowest BCUT2D eigenvalue weighted by Gasteiger charge is -2.08. The number of hydrogen-bond acceptors (Lipinski definition) is 4. The molecule has 0 saturated heterocycles. The molecular weight excluding hydrogens is 340 g/mol. The highest BCUT2D eigenvalue weighted by atomic mass is 32.2. The molecule has 0 aliphatic rings. The fourth-order valence-corrected chi connectivity index (χ4v) is 2.29. The van der Waals surface area contributed by atoms with E-state index in [1.165, 1.54) is 30.5 Å². The molecule has 0 radical (unpaired) electrons. The third-order valence-corrected chi connectivity index (χ3v) is 3.90. The average molecular weight is 353 g/mol. The summed E-state index contributed by atoms with van der Waals surface area (Å²) < 4.78 is 42.2. The molecule has 2 aromatic carbocycles. The Kier molecular flexibility index (Phi) is 5.75. The molecule has 126 valence electrons. The van der Waals surface area contributed by atoms with Crippen LogP contribution in [0.2, 0.25) is 0 Å². The molecule has 1 N–H and O–H groups in total. The van der Waals surface area contributed by atoms with Crippen molar-refractivity contribution < 1.29 is 27.3 Å². The van der Waals surface area contributed by atoms with Crippen LogP contribution in [0, 0.1) is 11.6 Å². The van der Waals surface area contributed by atoms with Gasteiger partial charge in [-0.25, -0.2) is 13.6 Å². The first-order valence-corrected chi connectivity index (χ1v) is 8.28. The maximum absolute atomic E-state index is 13.4. The molecule has 2 rings (SSSR count). The van der Waals surface area contributed by atoms with Crippen LogP contribution in [0.15, 0.2) is 47.4 Å². The van der Waals surface area contributed by atoms with Crippen LogP contribution in [0.5, 0.6) is 0 Å². The Bertz CT molecular complexity index is 793. The van der Waals surface area contributed by atoms with Gasteiger partial charge in [-0.3, -0.25) is 9.00 Å². The van der Waals surface area contributed by atoms with Gasteiger partial charge in [-0.1, -0.05) is 0 Å². The third-order valence-electron chi connectivity index (χ3n) is 2.96. The molecule has 8 heteroatoms. The monoisotopic (exact) mass is 353 g/mol. The lowest BCUT2D eigenvalue weighted by atomic mass is 10.2. The Labute approximate surface area is 139 Å². The summed E-state index contributed by atoms with van der Waals surface area (Å²) >= 11 is 0. The van der Waals surface area contributed by atoms with Crippen molar-refractivity contribution in [1.82, 2.24) is 0 Å². The van der Waals surface area contributed by atoms with Crippen molar-refractivity contribution in [2.45, 2.75) is 4.90 Å². The van der Waals surface area contributed by atoms with Crippen molar-refractivity contribution in [1.29, 1.82) is 0 Å². The SMILES string of the molecule is CS(=O)c1ccc(C(=O)OCC(=O)Nc2ccc(F)cc2F)cc1. The fourth-order valence-electron chi connectivity index (χ4n) is 1.77. The molecule has 0 aromatic heterocycles. The Morgan fingerprint density at radius 3 is 2.38 bits per heavy atom. The van der Waals surface area contributed by atoms with Crippen LogP contribution in [0.25, 0.3) is 0 Å². The van der Waals surface area contributed by atoms with Crippen molar-refractivity contribution in [2.75, 3.05) is 18.2 Å². The highest BCUT2D eigenvalue weighted by Crippen LogP contribution is 2.15. The normalized spacial score (nSPS) is 11.6. The number of benzene rings is 2. The number of esters is 1. The van der Waals surface area contributed by atoms with Crippen LogP contribution in [0.4, 0.5) is 14.5 Å². The minimum atomic E-state index is -1.17. The maximum Gasteiger partial charge on any atom is 0.338 e. The first kappa shape index (κ1) is 17.7. The standard InChI is InChI=1S/C16H13F2NO4S/c1-24(22)12-5-2-10(3-6-12)16(21)23-9-15(20)19-14-7-4-11(17)8-13(14)18/h2-8H,9H2,1H3,(H,19,20). The van der Waals surface area contributed by atoms with Gasteiger partial charge in [0.1, 0.15) is 11.6 Å². The molecule has 0 aliphatic heterocycles. The van der Waals surface area contributed by atoms with E-state index in [1.54, 1.807) is 0 Å². The van der Waals surface area contributed by atoms with Crippen LogP contribution in [-0.4, -0.2) is 28.9 Å². The van der Waals surface area contributed by atoms with E-state index < -0.39 is 40.9 Å². The molecule has 2 aromatic rings. The Balaban J connectivity index is 1.91. The number of amides is 1. The molecule has 0 fully saturated rings. The van der Waals surface area contributed by atoms with Gasteiger partial charge >= 0.3 is 5.97 Å². The molecule has 0 spiro atoms. The molecule has 1 unspecified atom stereocenters. The molecule has 0 saturated carbocycles. The second-order valence-electron chi connectivity index (χ2n) is 4.73. The van der Waals surface area contributed by atoms with Crippen molar-refractivity contribution in [3.8, 4) is 0 Å². The average Bonchev–Trinajstić information content (AvgIpc) is 2.55. The summed E-state index contributed by atoms with van der Waals surface area (Å²) in [4.78, 5) is 24.0. The zero-order valence-electron chi connectivity index (χ0n) is 12.5. The number of carbonyl (C=O) groups excluding carboxylic acids is 2. The van der Waals surface area contributed by atoms with Crippen LogP contribution in [0.1, 0.15) is 10.4 Å². The van der Waals surface area contributed by atoms with Gasteiger partial charge in [0.25, 0.3) is 5.91 Å². The minimum Gasteiger partial charge on any atom is -0.452 e. The van der Waals surface area contributed by atoms with E-state index in [4.69, 9.17) is 4.74 Å². The summed E-state index contributed by atoms with van der Waals surface area (Å²) in [6.45, 7) is -0.628. The Hall–Kier alpha value is -2.61. The summed E-state index contributed by atoms with van der Waals surface area (Å²) in [6.07, 6.45) is 1.51. The summed E-state index contributed by atoms with van der Waals surface area (Å²) in [5.74, 6) is -3.22. The summed E-state index contributed by atoms with van der Waals surface area (Å²) in [7, 11) is -1.17. The van der Waals surface area contributed by atoms with Gasteiger partial charge in [0.2, 0.25) is 0 Å². The zero-order chi connectivity index (χ0) is 17.7. The fraction of sp³-hybridized carbons (Fsp3) is 0.125. The van der Waals surface area contributed by atoms with Gasteiger partial charge in [0.15, 0.2) is 6.61 Å². The number of halogens is 2. The number of nitrogens with one attached hydrogen (secondary N) is 1. The van der Waals surface area contributed by atoms with Crippen molar-refractivity contribution in [3.63, 3.8) is 0 Å². The highest BCUT2D eigenvalue weighted by molar-refractivity contribution is 7.84. The van der Waals surface area contributed by atoms with E-state index in [0.29, 0.717) is 11.0 Å². The summed E-state index contributed by atoms with van der Waals surface area (Å²) in [5.41, 5.74) is -0.0304. The molecule has 0 aliphatic carbocycles. The van der Waals surface area contributed by atoms with Crippen LogP contribution < -0.4 is 5.32 Å². The Morgan fingerprint density at radius 2 is 1.79 bits per heavy atom. The Morgan fingerprint density at radius 1 is 1.12 bits per heavy atom. The van der Waals surface area contributed by atoms with E-state index in [0.717, 1.165) is 12.1 Å². The second-order valence-corrected chi connectivity index (χ2v) is 6.11. The highest BCUT2D eigenvalue weighted by Gasteiger charge is 2.12. The smallest absolute Gasteiger partial charge is 0.338 e. The predicted octanol–water partition coefficient (Wildman–Crippen LogP) is 2.50. The third kappa shape index (κ3) is 4.69. The first-order chi connectivity index (χ1) is 11.4. The largest absolute Gasteiger partial charge is 0.452 e. The van der Waals surface area contributed by atoms with E-state index in [2.05, 4.69) is 5.32 Å². The first-order valence-electron chi connectivity index (χ1n) is 6.72. The minimum absolute atomic E-state index is 0.185. The lowest BCUT2D eigenvalue weighted by molar-refractivity contribution is -0.119. The quantitative estimate of drug-likeness (QED) is 0.839. The van der Waals surface area contributed by atoms with Gasteiger partial charge in [-0.2, -0.15) is 0 Å². The molecule has 5 nitrogen and oxygen atoms in total. The van der Waals surface area contributed by atoms with Crippen LogP contribution in [0.3, 0.4) is 0 Å². The van der Waals surface area contributed by atoms with Crippen LogP contribution in [-0.2, 0) is 20.3 Å². The van der Waals surface area contributed by atoms with E-state index in [9.17, 15) is 22.6 Å². The van der Waals surface area contributed by atoms with Crippen molar-refractivity contribution in [2.24, 2.45) is 0 Å². The molecule has 1 amide bonds. The van der Waals surface area contributed by atoms with Crippen molar-refractivity contribution in [3.05, 3.63) is 59.7 Å². The number of ether oxygens (including phenoxy) is 1. The van der Waals surface area contributed by atoms with E-state index in [-0.39, 0.29) is 11.3 Å². The van der Waals surface area contributed by atoms with Gasteiger partial charge in [0.05, 0.1) is 11.3 Å². The van der Waals surface area contributed by atoms with Gasteiger partial charge < -0.3 is 10.1 Å². The zero-order valence-corrected chi connectivity index (χ0v) is 13.4. The van der Waals surface area contributed by atoms with E-state index >= 15 is 0 Å². The van der Waals surface area contributed by atoms with Gasteiger partial charge in [0, 0.05) is 28.0 Å². The molecule has 0 heterocycles. The summed E-state index contributed by atoms with van der Waals surface area (Å²) in [6, 6.07) is 8.56. The van der Waals surface area contributed by atoms with Gasteiger partial charge in [-0.15, -0.1) is 0 Å². The number of anilines is 1. The van der Waals surface area contributed by atoms with Crippen molar-refractivity contribution >= 4 is 28.4 Å². The number of rotatable bonds is 5. The summed E-state index contributed by atoms with van der Waals surface area (Å²) in [5, 5.41) is 2.17. The van der Waals surface area contributed by atoms with Crippen LogP contribution >= 0.6 is 0 Å². The van der Waals surface area contributed by atoms with E-state index in [1.807, 2.05) is 0 Å². The molecule has 1 atom stereocenters. The number of hydrogen-bond donors (Lipinski definition) is 1. The van der Waals surface area contributed by atoms with Gasteiger partial charge in [-0.05, 0) is 36.4 Å².